The van der Waals surface area contributed by atoms with Gasteiger partial charge in [0.05, 0.1) is 12.7 Å². The topological polar surface area (TPSA) is 50.4 Å². The third-order valence-electron chi connectivity index (χ3n) is 4.57. The molecule has 0 radical (unpaired) electrons. The number of carbonyl (C=O) groups is 1. The van der Waals surface area contributed by atoms with Crippen molar-refractivity contribution in [2.45, 2.75) is 63.9 Å². The van der Waals surface area contributed by atoms with E-state index < -0.39 is 0 Å². The summed E-state index contributed by atoms with van der Waals surface area (Å²) >= 11 is 0. The number of rotatable bonds is 7. The normalized spacial score (nSPS) is 20.8. The molecule has 1 aliphatic carbocycles. The molecule has 0 aromatic rings. The predicted octanol–water partition coefficient (Wildman–Crippen LogP) is 2.65. The first kappa shape index (κ1) is 18.7. The summed E-state index contributed by atoms with van der Waals surface area (Å²) in [5.74, 6) is 0.927. The maximum Gasteiger partial charge on any atom is 0.220 e. The summed E-state index contributed by atoms with van der Waals surface area (Å²) in [4.78, 5) is 11.8. The second-order valence-corrected chi connectivity index (χ2v) is 6.21. The van der Waals surface area contributed by atoms with Crippen molar-refractivity contribution in [1.82, 2.24) is 10.6 Å². The van der Waals surface area contributed by atoms with E-state index >= 15 is 0 Å². The summed E-state index contributed by atoms with van der Waals surface area (Å²) < 4.78 is 5.80. The fraction of sp³-hybridized carbons (Fsp3) is 0.938. The minimum absolute atomic E-state index is 0. The van der Waals surface area contributed by atoms with Gasteiger partial charge in [-0.2, -0.15) is 0 Å². The van der Waals surface area contributed by atoms with Crippen LogP contribution in [0, 0.1) is 5.92 Å². The van der Waals surface area contributed by atoms with Crippen molar-refractivity contribution in [3.8, 4) is 0 Å². The number of hydrogen-bond acceptors (Lipinski definition) is 3. The molecule has 2 aliphatic rings. The fourth-order valence-electron chi connectivity index (χ4n) is 3.24. The van der Waals surface area contributed by atoms with Gasteiger partial charge >= 0.3 is 0 Å². The molecule has 2 N–H and O–H groups in total. The Morgan fingerprint density at radius 3 is 2.52 bits per heavy atom. The van der Waals surface area contributed by atoms with Crippen LogP contribution >= 0.6 is 12.4 Å². The molecule has 1 saturated carbocycles. The highest BCUT2D eigenvalue weighted by molar-refractivity contribution is 5.85. The van der Waals surface area contributed by atoms with Crippen molar-refractivity contribution in [2.24, 2.45) is 5.92 Å². The minimum Gasteiger partial charge on any atom is -0.376 e. The van der Waals surface area contributed by atoms with Crippen LogP contribution in [-0.2, 0) is 9.53 Å². The zero-order valence-corrected chi connectivity index (χ0v) is 13.9. The van der Waals surface area contributed by atoms with Gasteiger partial charge in [0.1, 0.15) is 0 Å². The van der Waals surface area contributed by atoms with Gasteiger partial charge in [-0.25, -0.2) is 0 Å². The monoisotopic (exact) mass is 318 g/mol. The van der Waals surface area contributed by atoms with E-state index in [2.05, 4.69) is 10.6 Å². The molecule has 1 heterocycles. The maximum atomic E-state index is 11.8. The molecule has 4 nitrogen and oxygen atoms in total. The first-order valence-electron chi connectivity index (χ1n) is 8.43. The molecular formula is C16H31ClN2O2. The smallest absolute Gasteiger partial charge is 0.220 e. The van der Waals surface area contributed by atoms with E-state index in [0.717, 1.165) is 25.4 Å². The van der Waals surface area contributed by atoms with E-state index in [-0.39, 0.29) is 18.3 Å². The van der Waals surface area contributed by atoms with Crippen LogP contribution in [0.5, 0.6) is 0 Å². The van der Waals surface area contributed by atoms with Crippen molar-refractivity contribution >= 4 is 18.3 Å². The van der Waals surface area contributed by atoms with Crippen LogP contribution in [0.25, 0.3) is 0 Å². The Morgan fingerprint density at radius 2 is 1.81 bits per heavy atom. The van der Waals surface area contributed by atoms with Crippen molar-refractivity contribution in [2.75, 3.05) is 26.2 Å². The quantitative estimate of drug-likeness (QED) is 0.710. The lowest BCUT2D eigenvalue weighted by Gasteiger charge is -2.22. The molecule has 1 aliphatic heterocycles. The first-order valence-corrected chi connectivity index (χ1v) is 8.43. The van der Waals surface area contributed by atoms with Gasteiger partial charge in [-0.1, -0.05) is 19.3 Å². The van der Waals surface area contributed by atoms with Gasteiger partial charge in [0.2, 0.25) is 5.91 Å². The number of piperidine rings is 1. The molecule has 0 aromatic heterocycles. The third kappa shape index (κ3) is 8.03. The number of amides is 1. The Labute approximate surface area is 135 Å². The van der Waals surface area contributed by atoms with Crippen molar-refractivity contribution in [3.63, 3.8) is 0 Å². The molecule has 5 heteroatoms. The largest absolute Gasteiger partial charge is 0.376 e. The van der Waals surface area contributed by atoms with Crippen LogP contribution in [0.1, 0.15) is 57.8 Å². The molecule has 0 spiro atoms. The SMILES string of the molecule is Cl.O=C(CCC1CCNCC1)NCCOC1CCCCC1. The van der Waals surface area contributed by atoms with E-state index in [1.165, 1.54) is 44.9 Å². The van der Waals surface area contributed by atoms with Crippen LogP contribution in [0.3, 0.4) is 0 Å². The summed E-state index contributed by atoms with van der Waals surface area (Å²) in [7, 11) is 0. The first-order chi connectivity index (χ1) is 9.84. The van der Waals surface area contributed by atoms with Crippen LogP contribution < -0.4 is 10.6 Å². The molecule has 0 unspecified atom stereocenters. The average Bonchev–Trinajstić information content (AvgIpc) is 2.52. The van der Waals surface area contributed by atoms with Crippen LogP contribution in [-0.4, -0.2) is 38.3 Å². The standard InChI is InChI=1S/C16H30N2O2.ClH/c19-16(7-6-14-8-10-17-11-9-14)18-12-13-20-15-4-2-1-3-5-15;/h14-15,17H,1-13H2,(H,18,19);1H. The van der Waals surface area contributed by atoms with Crippen LogP contribution in [0.2, 0.25) is 0 Å². The van der Waals surface area contributed by atoms with E-state index in [4.69, 9.17) is 4.74 Å². The van der Waals surface area contributed by atoms with E-state index in [1.807, 2.05) is 0 Å². The highest BCUT2D eigenvalue weighted by Crippen LogP contribution is 2.20. The molecule has 0 atom stereocenters. The zero-order chi connectivity index (χ0) is 14.0. The minimum atomic E-state index is 0. The maximum absolute atomic E-state index is 11.8. The Hall–Kier alpha value is -0.320. The molecular weight excluding hydrogens is 288 g/mol. The van der Waals surface area contributed by atoms with Crippen molar-refractivity contribution < 1.29 is 9.53 Å². The lowest BCUT2D eigenvalue weighted by molar-refractivity contribution is -0.121. The number of nitrogens with one attached hydrogen (secondary N) is 2. The summed E-state index contributed by atoms with van der Waals surface area (Å²) in [5, 5.41) is 6.34. The molecule has 0 bridgehead atoms. The molecule has 1 amide bonds. The number of halogens is 1. The molecule has 2 fully saturated rings. The molecule has 0 aromatic carbocycles. The van der Waals surface area contributed by atoms with Crippen LogP contribution in [0.15, 0.2) is 0 Å². The summed E-state index contributed by atoms with van der Waals surface area (Å²) in [5.41, 5.74) is 0. The number of carbonyl (C=O) groups excluding carboxylic acids is 1. The van der Waals surface area contributed by atoms with Gasteiger partial charge in [0.25, 0.3) is 0 Å². The van der Waals surface area contributed by atoms with E-state index in [1.54, 1.807) is 0 Å². The van der Waals surface area contributed by atoms with Gasteiger partial charge in [-0.15, -0.1) is 12.4 Å². The van der Waals surface area contributed by atoms with Gasteiger partial charge in [0, 0.05) is 13.0 Å². The van der Waals surface area contributed by atoms with Crippen molar-refractivity contribution in [1.29, 1.82) is 0 Å². The van der Waals surface area contributed by atoms with Crippen LogP contribution in [0.4, 0.5) is 0 Å². The highest BCUT2D eigenvalue weighted by Gasteiger charge is 2.15. The summed E-state index contributed by atoms with van der Waals surface area (Å²) in [6.45, 7) is 3.56. The second kappa shape index (κ2) is 11.3. The van der Waals surface area contributed by atoms with Gasteiger partial charge < -0.3 is 15.4 Å². The van der Waals surface area contributed by atoms with E-state index in [0.29, 0.717) is 25.7 Å². The summed E-state index contributed by atoms with van der Waals surface area (Å²) in [6, 6.07) is 0. The molecule has 1 saturated heterocycles. The van der Waals surface area contributed by atoms with Crippen molar-refractivity contribution in [3.05, 3.63) is 0 Å². The fourth-order valence-corrected chi connectivity index (χ4v) is 3.24. The van der Waals surface area contributed by atoms with Gasteiger partial charge in [-0.3, -0.25) is 4.79 Å². The van der Waals surface area contributed by atoms with Gasteiger partial charge in [0.15, 0.2) is 0 Å². The Kier molecular flexibility index (Phi) is 10.1. The van der Waals surface area contributed by atoms with E-state index in [9.17, 15) is 4.79 Å². The molecule has 2 rings (SSSR count). The van der Waals surface area contributed by atoms with Gasteiger partial charge in [-0.05, 0) is 51.1 Å². The Balaban J connectivity index is 0.00000220. The molecule has 124 valence electrons. The number of hydrogen-bond donors (Lipinski definition) is 2. The third-order valence-corrected chi connectivity index (χ3v) is 4.57. The predicted molar refractivity (Wildman–Crippen MR) is 87.9 cm³/mol. The Morgan fingerprint density at radius 1 is 1.10 bits per heavy atom. The number of ether oxygens (including phenoxy) is 1. The lowest BCUT2D eigenvalue weighted by atomic mass is 9.93. The highest BCUT2D eigenvalue weighted by atomic mass is 35.5. The zero-order valence-electron chi connectivity index (χ0n) is 13.1. The Bertz CT molecular complexity index is 277. The average molecular weight is 319 g/mol. The lowest BCUT2D eigenvalue weighted by Crippen LogP contribution is -2.31. The summed E-state index contributed by atoms with van der Waals surface area (Å²) in [6.07, 6.45) is 10.9. The molecule has 21 heavy (non-hydrogen) atoms. The second-order valence-electron chi connectivity index (χ2n) is 6.21.